The van der Waals surface area contributed by atoms with Crippen LogP contribution >= 0.6 is 0 Å². The molecule has 0 aliphatic heterocycles. The predicted molar refractivity (Wildman–Crippen MR) is 138 cm³/mol. The van der Waals surface area contributed by atoms with E-state index in [1.165, 1.54) is 43.4 Å². The molecule has 1 atom stereocenters. The van der Waals surface area contributed by atoms with E-state index in [0.29, 0.717) is 5.92 Å². The Bertz CT molecular complexity index is 1410. The molecule has 0 amide bonds. The molecule has 0 bridgehead atoms. The van der Waals surface area contributed by atoms with Crippen molar-refractivity contribution in [2.75, 3.05) is 0 Å². The fourth-order valence-corrected chi connectivity index (χ4v) is 4.66. The Labute approximate surface area is 190 Å². The molecule has 0 saturated carbocycles. The summed E-state index contributed by atoms with van der Waals surface area (Å²) in [4.78, 5) is 0. The molecule has 0 aliphatic carbocycles. The van der Waals surface area contributed by atoms with Gasteiger partial charge in [-0.15, -0.1) is 0 Å². The Morgan fingerprint density at radius 1 is 0.688 bits per heavy atom. The van der Waals surface area contributed by atoms with E-state index < -0.39 is 5.60 Å². The maximum absolute atomic E-state index is 6.45. The van der Waals surface area contributed by atoms with Crippen LogP contribution in [0.5, 0.6) is 5.75 Å². The van der Waals surface area contributed by atoms with Crippen LogP contribution < -0.4 is 4.74 Å². The second-order valence-corrected chi connectivity index (χ2v) is 9.37. The van der Waals surface area contributed by atoms with Gasteiger partial charge in [-0.1, -0.05) is 86.6 Å². The van der Waals surface area contributed by atoms with Crippen LogP contribution in [0.15, 0.2) is 91.0 Å². The number of fused-ring (bicyclic) bond motifs is 5. The third kappa shape index (κ3) is 3.62. The van der Waals surface area contributed by atoms with Crippen LogP contribution in [0.3, 0.4) is 0 Å². The van der Waals surface area contributed by atoms with Gasteiger partial charge in [0.25, 0.3) is 0 Å². The van der Waals surface area contributed by atoms with Crippen molar-refractivity contribution in [2.24, 2.45) is 0 Å². The van der Waals surface area contributed by atoms with Gasteiger partial charge in [-0.2, -0.15) is 0 Å². The van der Waals surface area contributed by atoms with Crippen LogP contribution in [-0.4, -0.2) is 0 Å². The summed E-state index contributed by atoms with van der Waals surface area (Å²) >= 11 is 0. The van der Waals surface area contributed by atoms with E-state index in [2.05, 4.69) is 119 Å². The molecule has 5 rings (SSSR count). The molecule has 5 aromatic rings. The van der Waals surface area contributed by atoms with Crippen LogP contribution in [0.2, 0.25) is 0 Å². The Morgan fingerprint density at radius 3 is 2.03 bits per heavy atom. The second-order valence-electron chi connectivity index (χ2n) is 9.37. The monoisotopic (exact) mass is 418 g/mol. The van der Waals surface area contributed by atoms with E-state index in [1.807, 2.05) is 0 Å². The normalized spacial score (nSPS) is 13.0. The van der Waals surface area contributed by atoms with Crippen LogP contribution in [0.1, 0.15) is 51.2 Å². The molecule has 1 unspecified atom stereocenters. The summed E-state index contributed by atoms with van der Waals surface area (Å²) in [5.41, 5.74) is 2.11. The summed E-state index contributed by atoms with van der Waals surface area (Å²) in [5, 5.41) is 7.72. The lowest BCUT2D eigenvalue weighted by Crippen LogP contribution is -2.25. The van der Waals surface area contributed by atoms with E-state index in [1.54, 1.807) is 0 Å². The molecule has 0 fully saturated rings. The van der Waals surface area contributed by atoms with E-state index in [-0.39, 0.29) is 0 Å². The van der Waals surface area contributed by atoms with Crippen molar-refractivity contribution in [3.63, 3.8) is 0 Å². The van der Waals surface area contributed by atoms with E-state index >= 15 is 0 Å². The van der Waals surface area contributed by atoms with Crippen LogP contribution in [0, 0.1) is 0 Å². The fraction of sp³-hybridized carbons (Fsp3) is 0.226. The van der Waals surface area contributed by atoms with Crippen molar-refractivity contribution >= 4 is 32.3 Å². The van der Waals surface area contributed by atoms with Crippen LogP contribution in [0.25, 0.3) is 32.3 Å². The fourth-order valence-electron chi connectivity index (χ4n) is 4.66. The smallest absolute Gasteiger partial charge is 0.128 e. The lowest BCUT2D eigenvalue weighted by Gasteiger charge is -2.28. The van der Waals surface area contributed by atoms with Gasteiger partial charge >= 0.3 is 0 Å². The SMILES string of the molecule is CCC(C)c1ccc(OC(C)(C)c2ccc3c(ccc4c5ccccc5ccc34)c2)cc1. The third-order valence-corrected chi connectivity index (χ3v) is 6.87. The lowest BCUT2D eigenvalue weighted by atomic mass is 9.92. The molecule has 160 valence electrons. The summed E-state index contributed by atoms with van der Waals surface area (Å²) in [7, 11) is 0. The molecule has 0 N–H and O–H groups in total. The number of rotatable bonds is 5. The van der Waals surface area contributed by atoms with Gasteiger partial charge in [-0.3, -0.25) is 0 Å². The lowest BCUT2D eigenvalue weighted by molar-refractivity contribution is 0.109. The second kappa shape index (κ2) is 7.98. The topological polar surface area (TPSA) is 9.23 Å². The molecular formula is C31H30O. The zero-order chi connectivity index (χ0) is 22.3. The van der Waals surface area contributed by atoms with E-state index in [4.69, 9.17) is 4.74 Å². The zero-order valence-electron chi connectivity index (χ0n) is 19.4. The quantitative estimate of drug-likeness (QED) is 0.259. The first-order chi connectivity index (χ1) is 15.5. The van der Waals surface area contributed by atoms with Gasteiger partial charge in [0.15, 0.2) is 0 Å². The Hall–Kier alpha value is -3.32. The average molecular weight is 419 g/mol. The minimum atomic E-state index is -0.426. The molecule has 0 radical (unpaired) electrons. The largest absolute Gasteiger partial charge is 0.483 e. The van der Waals surface area contributed by atoms with Gasteiger partial charge in [0.1, 0.15) is 11.4 Å². The molecule has 0 aliphatic rings. The summed E-state index contributed by atoms with van der Waals surface area (Å²) in [5.74, 6) is 1.48. The summed E-state index contributed by atoms with van der Waals surface area (Å²) in [6.45, 7) is 8.78. The van der Waals surface area contributed by atoms with Gasteiger partial charge in [0.2, 0.25) is 0 Å². The number of ether oxygens (including phenoxy) is 1. The number of hydrogen-bond acceptors (Lipinski definition) is 1. The Balaban J connectivity index is 1.50. The first kappa shape index (κ1) is 20.6. The van der Waals surface area contributed by atoms with Gasteiger partial charge < -0.3 is 4.74 Å². The molecule has 0 saturated heterocycles. The van der Waals surface area contributed by atoms with Gasteiger partial charge in [0.05, 0.1) is 0 Å². The highest BCUT2D eigenvalue weighted by Gasteiger charge is 2.23. The van der Waals surface area contributed by atoms with Crippen molar-refractivity contribution in [3.8, 4) is 5.75 Å². The average Bonchev–Trinajstić information content (AvgIpc) is 2.83. The standard InChI is InChI=1S/C31H30O/c1-5-21(2)22-10-15-26(16-11-22)32-31(3,4)25-14-19-28-24(20-25)13-18-29-27-9-7-6-8-23(27)12-17-30(28)29/h6-21H,5H2,1-4H3. The van der Waals surface area contributed by atoms with Crippen molar-refractivity contribution < 1.29 is 4.74 Å². The minimum absolute atomic E-state index is 0.426. The van der Waals surface area contributed by atoms with Crippen LogP contribution in [0.4, 0.5) is 0 Å². The molecule has 0 spiro atoms. The highest BCUT2D eigenvalue weighted by molar-refractivity contribution is 6.17. The third-order valence-electron chi connectivity index (χ3n) is 6.87. The molecule has 0 heterocycles. The van der Waals surface area contributed by atoms with Crippen molar-refractivity contribution in [1.29, 1.82) is 0 Å². The van der Waals surface area contributed by atoms with E-state index in [0.717, 1.165) is 12.2 Å². The minimum Gasteiger partial charge on any atom is -0.483 e. The van der Waals surface area contributed by atoms with Crippen molar-refractivity contribution in [3.05, 3.63) is 102 Å². The summed E-state index contributed by atoms with van der Waals surface area (Å²) in [6.07, 6.45) is 1.15. The van der Waals surface area contributed by atoms with Crippen LogP contribution in [-0.2, 0) is 5.60 Å². The Morgan fingerprint density at radius 2 is 1.31 bits per heavy atom. The van der Waals surface area contributed by atoms with E-state index in [9.17, 15) is 0 Å². The van der Waals surface area contributed by atoms with Gasteiger partial charge in [-0.25, -0.2) is 0 Å². The van der Waals surface area contributed by atoms with Gasteiger partial charge in [0, 0.05) is 0 Å². The summed E-state index contributed by atoms with van der Waals surface area (Å²) in [6, 6.07) is 32.9. The number of benzene rings is 5. The first-order valence-corrected chi connectivity index (χ1v) is 11.6. The first-order valence-electron chi connectivity index (χ1n) is 11.6. The molecule has 0 aromatic heterocycles. The molecule has 1 nitrogen and oxygen atoms in total. The highest BCUT2D eigenvalue weighted by atomic mass is 16.5. The van der Waals surface area contributed by atoms with Gasteiger partial charge in [-0.05, 0) is 87.8 Å². The van der Waals surface area contributed by atoms with Crippen molar-refractivity contribution in [2.45, 2.75) is 45.6 Å². The number of hydrogen-bond donors (Lipinski definition) is 0. The zero-order valence-corrected chi connectivity index (χ0v) is 19.4. The predicted octanol–water partition coefficient (Wildman–Crippen LogP) is 8.97. The Kier molecular flexibility index (Phi) is 5.13. The molecule has 32 heavy (non-hydrogen) atoms. The highest BCUT2D eigenvalue weighted by Crippen LogP contribution is 2.35. The molecule has 1 heteroatoms. The molecule has 5 aromatic carbocycles. The van der Waals surface area contributed by atoms with Crippen molar-refractivity contribution in [1.82, 2.24) is 0 Å². The maximum atomic E-state index is 6.45. The summed E-state index contributed by atoms with van der Waals surface area (Å²) < 4.78 is 6.45. The molecular weight excluding hydrogens is 388 g/mol. The maximum Gasteiger partial charge on any atom is 0.128 e.